The highest BCUT2D eigenvalue weighted by Gasteiger charge is 2.18. The van der Waals surface area contributed by atoms with Crippen molar-refractivity contribution in [3.8, 4) is 22.9 Å². The van der Waals surface area contributed by atoms with E-state index in [-0.39, 0.29) is 6.04 Å². The Morgan fingerprint density at radius 2 is 2.08 bits per heavy atom. The maximum absolute atomic E-state index is 5.55. The maximum Gasteiger partial charge on any atom is 0.171 e. The molecule has 0 aliphatic carbocycles. The molecule has 0 unspecified atom stereocenters. The monoisotopic (exact) mass is 326 g/mol. The summed E-state index contributed by atoms with van der Waals surface area (Å²) in [5, 5.41) is 7.31. The lowest BCUT2D eigenvalue weighted by atomic mass is 10.1. The fraction of sp³-hybridized carbons (Fsp3) is 0.333. The van der Waals surface area contributed by atoms with Gasteiger partial charge in [0.15, 0.2) is 11.5 Å². The number of aromatic nitrogens is 4. The number of hydrogen-bond acceptors (Lipinski definition) is 4. The second-order valence-corrected chi connectivity index (χ2v) is 5.79. The molecule has 2 heterocycles. The van der Waals surface area contributed by atoms with Crippen LogP contribution in [0.1, 0.15) is 24.4 Å². The van der Waals surface area contributed by atoms with Gasteiger partial charge >= 0.3 is 0 Å². The second-order valence-electron chi connectivity index (χ2n) is 5.79. The van der Waals surface area contributed by atoms with E-state index >= 15 is 0 Å². The standard InChI is InChI=1S/C18H22N4O2/c1-12-10-14(21-20-12)11-13(2)22-9-8-19-18(22)15-6-5-7-16(23-3)17(15)24-4/h5-10,13H,11H2,1-4H3,(H,20,21)/t13-/m0/s1. The Kier molecular flexibility index (Phi) is 4.55. The molecule has 0 saturated heterocycles. The number of rotatable bonds is 6. The molecule has 6 heteroatoms. The van der Waals surface area contributed by atoms with Gasteiger partial charge in [-0.15, -0.1) is 0 Å². The van der Waals surface area contributed by atoms with Crippen LogP contribution in [0.15, 0.2) is 36.7 Å². The Morgan fingerprint density at radius 1 is 1.25 bits per heavy atom. The first-order chi connectivity index (χ1) is 11.6. The van der Waals surface area contributed by atoms with E-state index < -0.39 is 0 Å². The van der Waals surface area contributed by atoms with Crippen molar-refractivity contribution in [2.24, 2.45) is 0 Å². The van der Waals surface area contributed by atoms with Gasteiger partial charge < -0.3 is 14.0 Å². The highest BCUT2D eigenvalue weighted by Crippen LogP contribution is 2.37. The van der Waals surface area contributed by atoms with Gasteiger partial charge in [-0.05, 0) is 32.0 Å². The summed E-state index contributed by atoms with van der Waals surface area (Å²) in [6, 6.07) is 8.09. The second kappa shape index (κ2) is 6.78. The number of aryl methyl sites for hydroxylation is 1. The zero-order chi connectivity index (χ0) is 17.1. The summed E-state index contributed by atoms with van der Waals surface area (Å²) in [5.74, 6) is 2.24. The van der Waals surface area contributed by atoms with Gasteiger partial charge in [-0.3, -0.25) is 5.10 Å². The van der Waals surface area contributed by atoms with Crippen LogP contribution in [0.3, 0.4) is 0 Å². The molecular weight excluding hydrogens is 304 g/mol. The predicted octanol–water partition coefficient (Wildman–Crippen LogP) is 3.40. The van der Waals surface area contributed by atoms with Gasteiger partial charge in [-0.2, -0.15) is 5.10 Å². The van der Waals surface area contributed by atoms with Crippen molar-refractivity contribution in [1.82, 2.24) is 19.7 Å². The van der Waals surface area contributed by atoms with Crippen LogP contribution in [0.2, 0.25) is 0 Å². The zero-order valence-corrected chi connectivity index (χ0v) is 14.4. The lowest BCUT2D eigenvalue weighted by Gasteiger charge is -2.18. The molecule has 1 atom stereocenters. The van der Waals surface area contributed by atoms with Gasteiger partial charge in [0.1, 0.15) is 5.82 Å². The molecule has 0 fully saturated rings. The highest BCUT2D eigenvalue weighted by atomic mass is 16.5. The van der Waals surface area contributed by atoms with Crippen molar-refractivity contribution in [1.29, 1.82) is 0 Å². The van der Waals surface area contributed by atoms with Gasteiger partial charge in [-0.1, -0.05) is 6.07 Å². The summed E-state index contributed by atoms with van der Waals surface area (Å²) in [7, 11) is 3.28. The number of methoxy groups -OCH3 is 2. The molecule has 0 radical (unpaired) electrons. The molecule has 0 aliphatic rings. The van der Waals surface area contributed by atoms with Gasteiger partial charge in [-0.25, -0.2) is 4.98 Å². The molecular formula is C18H22N4O2. The number of nitrogens with zero attached hydrogens (tertiary/aromatic N) is 3. The minimum atomic E-state index is 0.209. The van der Waals surface area contributed by atoms with Gasteiger partial charge in [0, 0.05) is 30.6 Å². The van der Waals surface area contributed by atoms with Crippen molar-refractivity contribution in [3.63, 3.8) is 0 Å². The van der Waals surface area contributed by atoms with Crippen LogP contribution in [0.25, 0.3) is 11.4 Å². The van der Waals surface area contributed by atoms with Crippen molar-refractivity contribution < 1.29 is 9.47 Å². The Labute approximate surface area is 141 Å². The van der Waals surface area contributed by atoms with Crippen LogP contribution in [0.5, 0.6) is 11.5 Å². The van der Waals surface area contributed by atoms with Gasteiger partial charge in [0.25, 0.3) is 0 Å². The van der Waals surface area contributed by atoms with Crippen molar-refractivity contribution in [2.75, 3.05) is 14.2 Å². The van der Waals surface area contributed by atoms with Gasteiger partial charge in [0.05, 0.1) is 25.5 Å². The summed E-state index contributed by atoms with van der Waals surface area (Å²) in [6.07, 6.45) is 4.61. The molecule has 3 aromatic rings. The van der Waals surface area contributed by atoms with Crippen LogP contribution in [-0.2, 0) is 6.42 Å². The molecule has 3 rings (SSSR count). The zero-order valence-electron chi connectivity index (χ0n) is 14.4. The SMILES string of the molecule is COc1cccc(-c2nccn2[C@@H](C)Cc2cc(C)[nH]n2)c1OC. The third-order valence-electron chi connectivity index (χ3n) is 4.05. The van der Waals surface area contributed by atoms with Crippen molar-refractivity contribution in [2.45, 2.75) is 26.3 Å². The van der Waals surface area contributed by atoms with Crippen LogP contribution in [-0.4, -0.2) is 34.0 Å². The Bertz CT molecular complexity index is 822. The molecule has 0 spiro atoms. The van der Waals surface area contributed by atoms with Crippen LogP contribution >= 0.6 is 0 Å². The first-order valence-corrected chi connectivity index (χ1v) is 7.89. The largest absolute Gasteiger partial charge is 0.493 e. The van der Waals surface area contributed by atoms with Crippen LogP contribution in [0.4, 0.5) is 0 Å². The molecule has 0 aliphatic heterocycles. The molecule has 6 nitrogen and oxygen atoms in total. The van der Waals surface area contributed by atoms with Crippen molar-refractivity contribution in [3.05, 3.63) is 48.0 Å². The summed E-state index contributed by atoms with van der Waals surface area (Å²) in [4.78, 5) is 4.54. The Hall–Kier alpha value is -2.76. The minimum Gasteiger partial charge on any atom is -0.493 e. The average molecular weight is 326 g/mol. The summed E-state index contributed by atoms with van der Waals surface area (Å²) in [6.45, 7) is 4.16. The van der Waals surface area contributed by atoms with Crippen LogP contribution in [0, 0.1) is 6.92 Å². The van der Waals surface area contributed by atoms with Crippen LogP contribution < -0.4 is 9.47 Å². The number of ether oxygens (including phenoxy) is 2. The number of benzene rings is 1. The minimum absolute atomic E-state index is 0.209. The fourth-order valence-corrected chi connectivity index (χ4v) is 2.92. The topological polar surface area (TPSA) is 65.0 Å². The molecule has 0 saturated carbocycles. The fourth-order valence-electron chi connectivity index (χ4n) is 2.92. The van der Waals surface area contributed by atoms with E-state index in [0.29, 0.717) is 11.5 Å². The molecule has 2 aromatic heterocycles. The van der Waals surface area contributed by atoms with E-state index in [1.807, 2.05) is 31.3 Å². The predicted molar refractivity (Wildman–Crippen MR) is 92.5 cm³/mol. The van der Waals surface area contributed by atoms with E-state index in [1.54, 1.807) is 20.4 Å². The number of imidazole rings is 1. The average Bonchev–Trinajstić information content (AvgIpc) is 3.22. The van der Waals surface area contributed by atoms with E-state index in [0.717, 1.165) is 29.2 Å². The highest BCUT2D eigenvalue weighted by molar-refractivity contribution is 5.69. The molecule has 126 valence electrons. The first-order valence-electron chi connectivity index (χ1n) is 7.89. The lowest BCUT2D eigenvalue weighted by Crippen LogP contribution is -2.10. The molecule has 0 bridgehead atoms. The molecule has 1 N–H and O–H groups in total. The third-order valence-corrected chi connectivity index (χ3v) is 4.05. The quantitative estimate of drug-likeness (QED) is 0.754. The van der Waals surface area contributed by atoms with E-state index in [1.165, 1.54) is 0 Å². The summed E-state index contributed by atoms with van der Waals surface area (Å²) in [5.41, 5.74) is 3.02. The number of nitrogens with one attached hydrogen (secondary N) is 1. The van der Waals surface area contributed by atoms with E-state index in [4.69, 9.17) is 9.47 Å². The number of aromatic amines is 1. The summed E-state index contributed by atoms with van der Waals surface area (Å²) < 4.78 is 13.1. The number of para-hydroxylation sites is 1. The normalized spacial score (nSPS) is 12.2. The Balaban J connectivity index is 1.96. The smallest absolute Gasteiger partial charge is 0.171 e. The summed E-state index contributed by atoms with van der Waals surface area (Å²) >= 11 is 0. The number of hydrogen-bond donors (Lipinski definition) is 1. The molecule has 24 heavy (non-hydrogen) atoms. The van der Waals surface area contributed by atoms with Crippen molar-refractivity contribution >= 4 is 0 Å². The maximum atomic E-state index is 5.55. The number of H-pyrrole nitrogens is 1. The molecule has 0 amide bonds. The lowest BCUT2D eigenvalue weighted by molar-refractivity contribution is 0.355. The van der Waals surface area contributed by atoms with E-state index in [2.05, 4.69) is 32.7 Å². The first kappa shape index (κ1) is 16.1. The third kappa shape index (κ3) is 2.99. The van der Waals surface area contributed by atoms with Gasteiger partial charge in [0.2, 0.25) is 0 Å². The Morgan fingerprint density at radius 3 is 2.75 bits per heavy atom. The van der Waals surface area contributed by atoms with E-state index in [9.17, 15) is 0 Å². The molecule has 1 aromatic carbocycles.